The minimum Gasteiger partial charge on any atom is -0.467 e. The molecule has 5 N–H and O–H groups in total. The first kappa shape index (κ1) is 14.1. The molecule has 1 rings (SSSR count). The molecule has 0 aliphatic heterocycles. The van der Waals surface area contributed by atoms with Crippen molar-refractivity contribution >= 4 is 11.9 Å². The molecule has 1 amide bonds. The summed E-state index contributed by atoms with van der Waals surface area (Å²) in [5, 5.41) is 11.2. The Labute approximate surface area is 104 Å². The van der Waals surface area contributed by atoms with E-state index in [2.05, 4.69) is 20.0 Å². The second kappa shape index (κ2) is 6.72. The molecule has 0 saturated carbocycles. The number of carbonyl (C=O) groups is 2. The Morgan fingerprint density at radius 2 is 2.39 bits per heavy atom. The number of nitrogens with two attached hydrogens (primary N) is 1. The summed E-state index contributed by atoms with van der Waals surface area (Å²) >= 11 is 0. The van der Waals surface area contributed by atoms with Crippen LogP contribution < -0.4 is 11.1 Å². The van der Waals surface area contributed by atoms with Crippen LogP contribution in [0.5, 0.6) is 0 Å². The third kappa shape index (κ3) is 3.82. The van der Waals surface area contributed by atoms with Crippen molar-refractivity contribution in [2.24, 2.45) is 5.73 Å². The summed E-state index contributed by atoms with van der Waals surface area (Å²) in [6.45, 7) is -0.496. The molecular formula is C10H16N4O4. The lowest BCUT2D eigenvalue weighted by Gasteiger charge is -2.17. The third-order valence-corrected chi connectivity index (χ3v) is 2.31. The van der Waals surface area contributed by atoms with Crippen LogP contribution in [0.3, 0.4) is 0 Å². The van der Waals surface area contributed by atoms with E-state index in [1.54, 1.807) is 0 Å². The number of aliphatic hydroxyl groups excluding tert-OH is 1. The van der Waals surface area contributed by atoms with E-state index < -0.39 is 30.6 Å². The van der Waals surface area contributed by atoms with E-state index in [-0.39, 0.29) is 6.42 Å². The van der Waals surface area contributed by atoms with E-state index in [0.717, 1.165) is 0 Å². The molecule has 0 radical (unpaired) electrons. The lowest BCUT2D eigenvalue weighted by atomic mass is 10.1. The number of nitrogens with one attached hydrogen (secondary N) is 2. The second-order valence-electron chi connectivity index (χ2n) is 3.65. The van der Waals surface area contributed by atoms with Crippen LogP contribution in [-0.4, -0.2) is 52.8 Å². The highest BCUT2D eigenvalue weighted by Crippen LogP contribution is 2.00. The molecule has 100 valence electrons. The Balaban J connectivity index is 2.67. The van der Waals surface area contributed by atoms with Crippen LogP contribution in [-0.2, 0) is 20.7 Å². The Bertz CT molecular complexity index is 393. The summed E-state index contributed by atoms with van der Waals surface area (Å²) in [6.07, 6.45) is 3.20. The Morgan fingerprint density at radius 1 is 1.67 bits per heavy atom. The monoisotopic (exact) mass is 256 g/mol. The van der Waals surface area contributed by atoms with Crippen LogP contribution in [0.15, 0.2) is 12.5 Å². The fourth-order valence-corrected chi connectivity index (χ4v) is 1.31. The van der Waals surface area contributed by atoms with E-state index >= 15 is 0 Å². The highest BCUT2D eigenvalue weighted by Gasteiger charge is 2.24. The number of ether oxygens (including phenoxy) is 1. The number of hydrogen-bond acceptors (Lipinski definition) is 6. The average molecular weight is 256 g/mol. The van der Waals surface area contributed by atoms with Crippen molar-refractivity contribution in [3.05, 3.63) is 18.2 Å². The molecule has 0 aliphatic carbocycles. The standard InChI is InChI=1S/C10H16N4O4/c1-18-10(17)8(2-6-3-12-5-13-6)14-9(16)7(11)4-15/h3,5,7-8,15H,2,4,11H2,1H3,(H,12,13)(H,14,16)/t7-,8+/m1/s1. The topological polar surface area (TPSA) is 130 Å². The number of methoxy groups -OCH3 is 1. The van der Waals surface area contributed by atoms with E-state index in [1.165, 1.54) is 19.6 Å². The summed E-state index contributed by atoms with van der Waals surface area (Å²) in [5.41, 5.74) is 6.02. The van der Waals surface area contributed by atoms with Crippen LogP contribution >= 0.6 is 0 Å². The fraction of sp³-hybridized carbons (Fsp3) is 0.500. The van der Waals surface area contributed by atoms with Crippen LogP contribution in [0.4, 0.5) is 0 Å². The van der Waals surface area contributed by atoms with Crippen molar-refractivity contribution in [3.63, 3.8) is 0 Å². The number of nitrogens with zero attached hydrogens (tertiary/aromatic N) is 1. The zero-order chi connectivity index (χ0) is 13.5. The molecule has 2 atom stereocenters. The molecule has 0 aromatic carbocycles. The number of imidazole rings is 1. The van der Waals surface area contributed by atoms with Gasteiger partial charge in [-0.05, 0) is 0 Å². The fourth-order valence-electron chi connectivity index (χ4n) is 1.31. The lowest BCUT2D eigenvalue weighted by Crippen LogP contribution is -2.50. The van der Waals surface area contributed by atoms with Gasteiger partial charge in [-0.3, -0.25) is 4.79 Å². The maximum absolute atomic E-state index is 11.5. The highest BCUT2D eigenvalue weighted by atomic mass is 16.5. The number of aromatic amines is 1. The molecule has 0 spiro atoms. The summed E-state index contributed by atoms with van der Waals surface area (Å²) in [4.78, 5) is 29.6. The van der Waals surface area contributed by atoms with Gasteiger partial charge in [-0.15, -0.1) is 0 Å². The van der Waals surface area contributed by atoms with Gasteiger partial charge in [-0.2, -0.15) is 0 Å². The molecule has 0 saturated heterocycles. The molecule has 1 aromatic heterocycles. The molecule has 8 nitrogen and oxygen atoms in total. The number of H-pyrrole nitrogens is 1. The van der Waals surface area contributed by atoms with E-state index in [1.807, 2.05) is 0 Å². The zero-order valence-electron chi connectivity index (χ0n) is 9.92. The van der Waals surface area contributed by atoms with Gasteiger partial charge in [0.2, 0.25) is 5.91 Å². The molecule has 0 aliphatic rings. The first-order chi connectivity index (χ1) is 8.58. The quantitative estimate of drug-likeness (QED) is 0.432. The Hall–Kier alpha value is -1.93. The van der Waals surface area contributed by atoms with Gasteiger partial charge in [-0.1, -0.05) is 0 Å². The van der Waals surface area contributed by atoms with Crippen molar-refractivity contribution in [1.29, 1.82) is 0 Å². The number of amides is 1. The number of aromatic nitrogens is 2. The molecule has 1 heterocycles. The van der Waals surface area contributed by atoms with Crippen LogP contribution in [0, 0.1) is 0 Å². The van der Waals surface area contributed by atoms with Crippen molar-refractivity contribution in [1.82, 2.24) is 15.3 Å². The number of aliphatic hydroxyl groups is 1. The van der Waals surface area contributed by atoms with Gasteiger partial charge in [0.25, 0.3) is 0 Å². The molecule has 1 aromatic rings. The Morgan fingerprint density at radius 3 is 2.89 bits per heavy atom. The normalized spacial score (nSPS) is 13.7. The van der Waals surface area contributed by atoms with E-state index in [9.17, 15) is 9.59 Å². The van der Waals surface area contributed by atoms with Crippen molar-refractivity contribution < 1.29 is 19.4 Å². The van der Waals surface area contributed by atoms with Gasteiger partial charge in [0.05, 0.1) is 20.0 Å². The molecule has 18 heavy (non-hydrogen) atoms. The Kier molecular flexibility index (Phi) is 5.28. The van der Waals surface area contributed by atoms with Gasteiger partial charge in [0.1, 0.15) is 12.1 Å². The summed E-state index contributed by atoms with van der Waals surface area (Å²) in [7, 11) is 1.22. The zero-order valence-corrected chi connectivity index (χ0v) is 9.92. The highest BCUT2D eigenvalue weighted by molar-refractivity contribution is 5.87. The second-order valence-corrected chi connectivity index (χ2v) is 3.65. The summed E-state index contributed by atoms with van der Waals surface area (Å²) in [5.74, 6) is -1.21. The maximum Gasteiger partial charge on any atom is 0.328 e. The molecule has 0 bridgehead atoms. The largest absolute Gasteiger partial charge is 0.467 e. The van der Waals surface area contributed by atoms with Gasteiger partial charge < -0.3 is 25.9 Å². The van der Waals surface area contributed by atoms with E-state index in [4.69, 9.17) is 10.8 Å². The molecule has 8 heteroatoms. The van der Waals surface area contributed by atoms with Gasteiger partial charge in [0, 0.05) is 18.3 Å². The van der Waals surface area contributed by atoms with Crippen LogP contribution in [0.2, 0.25) is 0 Å². The van der Waals surface area contributed by atoms with Crippen molar-refractivity contribution in [2.45, 2.75) is 18.5 Å². The van der Waals surface area contributed by atoms with Gasteiger partial charge in [-0.25, -0.2) is 9.78 Å². The van der Waals surface area contributed by atoms with Crippen molar-refractivity contribution in [3.8, 4) is 0 Å². The number of esters is 1. The van der Waals surface area contributed by atoms with E-state index in [0.29, 0.717) is 5.69 Å². The third-order valence-electron chi connectivity index (χ3n) is 2.31. The van der Waals surface area contributed by atoms with Gasteiger partial charge >= 0.3 is 5.97 Å². The molecular weight excluding hydrogens is 240 g/mol. The number of hydrogen-bond donors (Lipinski definition) is 4. The SMILES string of the molecule is COC(=O)[C@H](Cc1cnc[nH]1)NC(=O)[C@H](N)CO. The predicted molar refractivity (Wildman–Crippen MR) is 61.3 cm³/mol. The predicted octanol–water partition coefficient (Wildman–Crippen LogP) is -2.07. The van der Waals surface area contributed by atoms with Crippen molar-refractivity contribution in [2.75, 3.05) is 13.7 Å². The maximum atomic E-state index is 11.5. The number of rotatable bonds is 6. The van der Waals surface area contributed by atoms with Crippen LogP contribution in [0.1, 0.15) is 5.69 Å². The van der Waals surface area contributed by atoms with Crippen LogP contribution in [0.25, 0.3) is 0 Å². The van der Waals surface area contributed by atoms with Gasteiger partial charge in [0.15, 0.2) is 0 Å². The summed E-state index contributed by atoms with van der Waals surface area (Å²) < 4.78 is 4.58. The average Bonchev–Trinajstić information content (AvgIpc) is 2.88. The molecule has 0 fully saturated rings. The minimum absolute atomic E-state index is 0.205. The lowest BCUT2D eigenvalue weighted by molar-refractivity contribution is -0.145. The molecule has 0 unspecified atom stereocenters. The number of carbonyl (C=O) groups excluding carboxylic acids is 2. The minimum atomic E-state index is -1.07. The first-order valence-corrected chi connectivity index (χ1v) is 5.30. The first-order valence-electron chi connectivity index (χ1n) is 5.30. The summed E-state index contributed by atoms with van der Waals surface area (Å²) in [6, 6.07) is -1.94. The smallest absolute Gasteiger partial charge is 0.328 e.